The van der Waals surface area contributed by atoms with Gasteiger partial charge in [0.2, 0.25) is 10.0 Å². The summed E-state index contributed by atoms with van der Waals surface area (Å²) in [7, 11) is -3.48. The Bertz CT molecular complexity index is 922. The highest BCUT2D eigenvalue weighted by Crippen LogP contribution is 2.20. The standard InChI is InChI=1S/C17H17N3O2S2/c1-13-5-4-6-14(11-13)24(21,22)19-10-8-17-20-16(12-23-17)15-7-2-3-9-18-15/h2-7,9,11-12,19H,8,10H2,1H3. The number of pyridine rings is 1. The van der Waals surface area contributed by atoms with Crippen LogP contribution in [0.3, 0.4) is 0 Å². The summed E-state index contributed by atoms with van der Waals surface area (Å²) in [5, 5.41) is 2.81. The SMILES string of the molecule is Cc1cccc(S(=O)(=O)NCCc2nc(-c3ccccn3)cs2)c1. The number of thiazole rings is 1. The summed E-state index contributed by atoms with van der Waals surface area (Å²) in [6.45, 7) is 2.18. The highest BCUT2D eigenvalue weighted by atomic mass is 32.2. The Hall–Kier alpha value is -2.09. The van der Waals surface area contributed by atoms with Gasteiger partial charge in [0.25, 0.3) is 0 Å². The van der Waals surface area contributed by atoms with Crippen molar-refractivity contribution >= 4 is 21.4 Å². The lowest BCUT2D eigenvalue weighted by Crippen LogP contribution is -2.26. The van der Waals surface area contributed by atoms with E-state index in [4.69, 9.17) is 0 Å². The first-order valence-electron chi connectivity index (χ1n) is 7.47. The van der Waals surface area contributed by atoms with Crippen molar-refractivity contribution in [3.8, 4) is 11.4 Å². The van der Waals surface area contributed by atoms with Crippen LogP contribution in [-0.2, 0) is 16.4 Å². The Morgan fingerprint density at radius 1 is 1.12 bits per heavy atom. The molecule has 0 fully saturated rings. The lowest BCUT2D eigenvalue weighted by atomic mass is 10.2. The van der Waals surface area contributed by atoms with Crippen molar-refractivity contribution in [3.63, 3.8) is 0 Å². The Balaban J connectivity index is 1.62. The van der Waals surface area contributed by atoms with Crippen LogP contribution in [0.4, 0.5) is 0 Å². The molecule has 1 aromatic carbocycles. The van der Waals surface area contributed by atoms with E-state index in [2.05, 4.69) is 14.7 Å². The van der Waals surface area contributed by atoms with E-state index in [9.17, 15) is 8.42 Å². The van der Waals surface area contributed by atoms with Crippen LogP contribution in [0.5, 0.6) is 0 Å². The predicted molar refractivity (Wildman–Crippen MR) is 95.4 cm³/mol. The Labute approximate surface area is 145 Å². The summed E-state index contributed by atoms with van der Waals surface area (Å²) < 4.78 is 27.1. The van der Waals surface area contributed by atoms with Gasteiger partial charge in [0.15, 0.2) is 0 Å². The first-order chi connectivity index (χ1) is 11.5. The average Bonchev–Trinajstić information content (AvgIpc) is 3.04. The minimum absolute atomic E-state index is 0.288. The number of sulfonamides is 1. The smallest absolute Gasteiger partial charge is 0.240 e. The highest BCUT2D eigenvalue weighted by Gasteiger charge is 2.14. The van der Waals surface area contributed by atoms with Crippen LogP contribution in [0.2, 0.25) is 0 Å². The number of aromatic nitrogens is 2. The number of aryl methyl sites for hydroxylation is 1. The fraction of sp³-hybridized carbons (Fsp3) is 0.176. The van der Waals surface area contributed by atoms with Crippen molar-refractivity contribution in [1.29, 1.82) is 0 Å². The van der Waals surface area contributed by atoms with Crippen molar-refractivity contribution in [2.45, 2.75) is 18.2 Å². The monoisotopic (exact) mass is 359 g/mol. The lowest BCUT2D eigenvalue weighted by Gasteiger charge is -2.06. The molecule has 5 nitrogen and oxygen atoms in total. The molecule has 0 bridgehead atoms. The second kappa shape index (κ2) is 7.21. The van der Waals surface area contributed by atoms with E-state index in [1.165, 1.54) is 11.3 Å². The Morgan fingerprint density at radius 3 is 2.75 bits per heavy atom. The third-order valence-corrected chi connectivity index (χ3v) is 5.78. The molecule has 0 atom stereocenters. The van der Waals surface area contributed by atoms with Crippen molar-refractivity contribution in [2.75, 3.05) is 6.54 Å². The summed E-state index contributed by atoms with van der Waals surface area (Å²) in [4.78, 5) is 9.06. The van der Waals surface area contributed by atoms with Crippen molar-refractivity contribution < 1.29 is 8.42 Å². The van der Waals surface area contributed by atoms with Gasteiger partial charge in [0.1, 0.15) is 0 Å². The van der Waals surface area contributed by atoms with Crippen LogP contribution in [0.25, 0.3) is 11.4 Å². The fourth-order valence-electron chi connectivity index (χ4n) is 2.22. The molecule has 3 aromatic rings. The molecule has 2 heterocycles. The zero-order chi connectivity index (χ0) is 17.0. The maximum atomic E-state index is 12.3. The third-order valence-electron chi connectivity index (χ3n) is 3.41. The maximum Gasteiger partial charge on any atom is 0.240 e. The molecule has 0 unspecified atom stereocenters. The minimum Gasteiger partial charge on any atom is -0.255 e. The maximum absolute atomic E-state index is 12.3. The molecule has 2 aromatic heterocycles. The van der Waals surface area contributed by atoms with E-state index in [-0.39, 0.29) is 4.90 Å². The molecule has 0 aliphatic heterocycles. The van der Waals surface area contributed by atoms with Gasteiger partial charge in [0, 0.05) is 24.5 Å². The second-order valence-electron chi connectivity index (χ2n) is 5.31. The van der Waals surface area contributed by atoms with Crippen LogP contribution >= 0.6 is 11.3 Å². The topological polar surface area (TPSA) is 72.0 Å². The predicted octanol–water partition coefficient (Wildman–Crippen LogP) is 3.03. The summed E-state index contributed by atoms with van der Waals surface area (Å²) in [5.41, 5.74) is 2.55. The summed E-state index contributed by atoms with van der Waals surface area (Å²) in [6, 6.07) is 12.5. The van der Waals surface area contributed by atoms with Gasteiger partial charge in [-0.3, -0.25) is 4.98 Å². The molecule has 0 saturated carbocycles. The van der Waals surface area contributed by atoms with Crippen LogP contribution < -0.4 is 4.72 Å². The first-order valence-corrected chi connectivity index (χ1v) is 9.83. The Kier molecular flexibility index (Phi) is 5.03. The van der Waals surface area contributed by atoms with Crippen LogP contribution in [0, 0.1) is 6.92 Å². The molecule has 0 radical (unpaired) electrons. The summed E-state index contributed by atoms with van der Waals surface area (Å²) in [5.74, 6) is 0. The molecule has 0 spiro atoms. The minimum atomic E-state index is -3.48. The number of hydrogen-bond acceptors (Lipinski definition) is 5. The van der Waals surface area contributed by atoms with E-state index in [1.807, 2.05) is 36.6 Å². The first kappa shape index (κ1) is 16.8. The normalized spacial score (nSPS) is 11.5. The van der Waals surface area contributed by atoms with Gasteiger partial charge in [0.05, 0.1) is 21.3 Å². The quantitative estimate of drug-likeness (QED) is 0.734. The van der Waals surface area contributed by atoms with Gasteiger partial charge >= 0.3 is 0 Å². The highest BCUT2D eigenvalue weighted by molar-refractivity contribution is 7.89. The van der Waals surface area contributed by atoms with Crippen molar-refractivity contribution in [1.82, 2.24) is 14.7 Å². The third kappa shape index (κ3) is 4.05. The van der Waals surface area contributed by atoms with Gasteiger partial charge in [-0.25, -0.2) is 18.1 Å². The molecular weight excluding hydrogens is 342 g/mol. The van der Waals surface area contributed by atoms with Crippen LogP contribution in [-0.4, -0.2) is 24.9 Å². The number of nitrogens with one attached hydrogen (secondary N) is 1. The summed E-state index contributed by atoms with van der Waals surface area (Å²) in [6.07, 6.45) is 2.27. The zero-order valence-corrected chi connectivity index (χ0v) is 14.8. The van der Waals surface area contributed by atoms with Gasteiger partial charge in [-0.2, -0.15) is 0 Å². The molecular formula is C17H17N3O2S2. The molecule has 0 amide bonds. The molecule has 1 N–H and O–H groups in total. The van der Waals surface area contributed by atoms with Gasteiger partial charge < -0.3 is 0 Å². The molecule has 0 saturated heterocycles. The molecule has 0 aliphatic carbocycles. The summed E-state index contributed by atoms with van der Waals surface area (Å²) >= 11 is 1.51. The fourth-order valence-corrected chi connectivity index (χ4v) is 4.14. The van der Waals surface area contributed by atoms with E-state index in [0.717, 1.165) is 22.0 Å². The largest absolute Gasteiger partial charge is 0.255 e. The number of rotatable bonds is 6. The molecule has 3 rings (SSSR count). The number of hydrogen-bond donors (Lipinski definition) is 1. The van der Waals surface area contributed by atoms with Crippen LogP contribution in [0.15, 0.2) is 58.9 Å². The van der Waals surface area contributed by atoms with Crippen LogP contribution in [0.1, 0.15) is 10.6 Å². The van der Waals surface area contributed by atoms with Crippen molar-refractivity contribution in [2.24, 2.45) is 0 Å². The van der Waals surface area contributed by atoms with Gasteiger partial charge in [-0.15, -0.1) is 11.3 Å². The molecule has 7 heteroatoms. The van der Waals surface area contributed by atoms with Gasteiger partial charge in [-0.05, 0) is 36.8 Å². The number of nitrogens with zero attached hydrogens (tertiary/aromatic N) is 2. The Morgan fingerprint density at radius 2 is 2.00 bits per heavy atom. The van der Waals surface area contributed by atoms with Crippen molar-refractivity contribution in [3.05, 3.63) is 64.6 Å². The second-order valence-corrected chi connectivity index (χ2v) is 8.02. The van der Waals surface area contributed by atoms with E-state index >= 15 is 0 Å². The van der Waals surface area contributed by atoms with E-state index < -0.39 is 10.0 Å². The average molecular weight is 359 g/mol. The molecule has 124 valence electrons. The van der Waals surface area contributed by atoms with Gasteiger partial charge in [-0.1, -0.05) is 18.2 Å². The molecule has 24 heavy (non-hydrogen) atoms. The van der Waals surface area contributed by atoms with E-state index in [1.54, 1.807) is 24.4 Å². The zero-order valence-electron chi connectivity index (χ0n) is 13.1. The molecule has 0 aliphatic rings. The lowest BCUT2D eigenvalue weighted by molar-refractivity contribution is 0.581. The number of benzene rings is 1. The van der Waals surface area contributed by atoms with E-state index in [0.29, 0.717) is 13.0 Å².